The van der Waals surface area contributed by atoms with Gasteiger partial charge in [-0.2, -0.15) is 5.26 Å². The lowest BCUT2D eigenvalue weighted by Crippen LogP contribution is -2.17. The molecule has 2 aromatic heterocycles. The number of nitriles is 1. The lowest BCUT2D eigenvalue weighted by Gasteiger charge is -2.09. The Morgan fingerprint density at radius 3 is 2.68 bits per heavy atom. The van der Waals surface area contributed by atoms with Crippen LogP contribution in [0.4, 0.5) is 10.7 Å². The highest BCUT2D eigenvalue weighted by atomic mass is 32.2. The van der Waals surface area contributed by atoms with E-state index in [4.69, 9.17) is 4.74 Å². The van der Waals surface area contributed by atoms with Crippen LogP contribution in [0, 0.1) is 11.3 Å². The summed E-state index contributed by atoms with van der Waals surface area (Å²) >= 11 is 2.74. The molecule has 34 heavy (non-hydrogen) atoms. The van der Waals surface area contributed by atoms with Crippen molar-refractivity contribution in [2.24, 2.45) is 7.05 Å². The molecule has 1 aliphatic carbocycles. The first kappa shape index (κ1) is 23.8. The molecule has 2 N–H and O–H groups in total. The summed E-state index contributed by atoms with van der Waals surface area (Å²) in [6.45, 7) is 0. The van der Waals surface area contributed by atoms with Gasteiger partial charge in [-0.15, -0.1) is 21.5 Å². The Labute approximate surface area is 205 Å². The standard InChI is InChI=1S/C23H24N6O3S2/c1-29-19(11-20(30)25-14-7-9-15(32-2)10-8-14)27-28-23(29)33-13-21(31)26-22-17(12-24)16-5-3-4-6-18(16)34-22/h7-10H,3-6,11,13H2,1-2H3,(H,25,30)(H,26,31). The molecule has 0 fully saturated rings. The van der Waals surface area contributed by atoms with Crippen molar-refractivity contribution in [3.63, 3.8) is 0 Å². The summed E-state index contributed by atoms with van der Waals surface area (Å²) in [5.74, 6) is 0.894. The Balaban J connectivity index is 1.32. The highest BCUT2D eigenvalue weighted by molar-refractivity contribution is 7.99. The number of fused-ring (bicyclic) bond motifs is 1. The summed E-state index contributed by atoms with van der Waals surface area (Å²) in [6, 6.07) is 9.31. The van der Waals surface area contributed by atoms with E-state index in [2.05, 4.69) is 26.9 Å². The number of rotatable bonds is 8. The molecular formula is C23H24N6O3S2. The molecular weight excluding hydrogens is 472 g/mol. The van der Waals surface area contributed by atoms with Gasteiger partial charge in [0, 0.05) is 17.6 Å². The van der Waals surface area contributed by atoms with Crippen molar-refractivity contribution in [1.29, 1.82) is 5.26 Å². The lowest BCUT2D eigenvalue weighted by molar-refractivity contribution is -0.116. The van der Waals surface area contributed by atoms with Gasteiger partial charge in [0.2, 0.25) is 11.8 Å². The van der Waals surface area contributed by atoms with Crippen LogP contribution in [0.25, 0.3) is 0 Å². The zero-order valence-electron chi connectivity index (χ0n) is 18.9. The molecule has 2 amide bonds. The highest BCUT2D eigenvalue weighted by Crippen LogP contribution is 2.37. The van der Waals surface area contributed by atoms with Gasteiger partial charge in [0.05, 0.1) is 24.8 Å². The molecule has 0 saturated carbocycles. The molecule has 2 heterocycles. The zero-order chi connectivity index (χ0) is 24.1. The number of thiophene rings is 1. The third kappa shape index (κ3) is 5.40. The van der Waals surface area contributed by atoms with E-state index in [0.717, 1.165) is 31.2 Å². The van der Waals surface area contributed by atoms with Crippen LogP contribution in [0.5, 0.6) is 5.75 Å². The Kier molecular flexibility index (Phi) is 7.49. The summed E-state index contributed by atoms with van der Waals surface area (Å²) in [5, 5.41) is 24.6. The third-order valence-electron chi connectivity index (χ3n) is 5.49. The van der Waals surface area contributed by atoms with Crippen molar-refractivity contribution in [2.75, 3.05) is 23.5 Å². The number of hydrogen-bond donors (Lipinski definition) is 2. The van der Waals surface area contributed by atoms with Gasteiger partial charge in [-0.1, -0.05) is 11.8 Å². The second-order valence-electron chi connectivity index (χ2n) is 7.77. The summed E-state index contributed by atoms with van der Waals surface area (Å²) in [5.41, 5.74) is 2.35. The second kappa shape index (κ2) is 10.7. The average Bonchev–Trinajstić information content (AvgIpc) is 3.37. The lowest BCUT2D eigenvalue weighted by atomic mass is 9.96. The van der Waals surface area contributed by atoms with Crippen LogP contribution in [0.15, 0.2) is 29.4 Å². The van der Waals surface area contributed by atoms with Gasteiger partial charge in [0.1, 0.15) is 22.6 Å². The molecule has 3 aromatic rings. The first-order valence-corrected chi connectivity index (χ1v) is 12.6. The number of benzene rings is 1. The largest absolute Gasteiger partial charge is 0.497 e. The fourth-order valence-corrected chi connectivity index (χ4v) is 5.70. The van der Waals surface area contributed by atoms with Crippen LogP contribution in [0.1, 0.15) is 34.7 Å². The fourth-order valence-electron chi connectivity index (χ4n) is 3.71. The molecule has 0 aliphatic heterocycles. The van der Waals surface area contributed by atoms with Crippen molar-refractivity contribution >= 4 is 45.6 Å². The first-order valence-electron chi connectivity index (χ1n) is 10.8. The second-order valence-corrected chi connectivity index (χ2v) is 9.82. The van der Waals surface area contributed by atoms with Gasteiger partial charge in [-0.05, 0) is 55.5 Å². The number of nitrogens with one attached hydrogen (secondary N) is 2. The summed E-state index contributed by atoms with van der Waals surface area (Å²) in [6.07, 6.45) is 4.11. The van der Waals surface area contributed by atoms with Crippen LogP contribution in [0.3, 0.4) is 0 Å². The molecule has 0 atom stereocenters. The molecule has 1 aromatic carbocycles. The molecule has 4 rings (SSSR count). The number of methoxy groups -OCH3 is 1. The minimum atomic E-state index is -0.222. The molecule has 11 heteroatoms. The molecule has 0 spiro atoms. The van der Waals surface area contributed by atoms with Crippen molar-refractivity contribution in [3.8, 4) is 11.8 Å². The van der Waals surface area contributed by atoms with Crippen molar-refractivity contribution in [2.45, 2.75) is 37.3 Å². The number of thioether (sulfide) groups is 1. The van der Waals surface area contributed by atoms with Crippen molar-refractivity contribution in [3.05, 3.63) is 46.1 Å². The number of aryl methyl sites for hydroxylation is 1. The number of carbonyl (C=O) groups is 2. The maximum atomic E-state index is 12.5. The molecule has 0 bridgehead atoms. The normalized spacial score (nSPS) is 12.5. The molecule has 9 nitrogen and oxygen atoms in total. The number of anilines is 2. The molecule has 0 unspecified atom stereocenters. The first-order chi connectivity index (χ1) is 16.5. The van der Waals surface area contributed by atoms with E-state index < -0.39 is 0 Å². The van der Waals surface area contributed by atoms with Gasteiger partial charge in [-0.3, -0.25) is 9.59 Å². The smallest absolute Gasteiger partial charge is 0.235 e. The predicted octanol–water partition coefficient (Wildman–Crippen LogP) is 3.55. The molecule has 0 radical (unpaired) electrons. The number of hydrogen-bond acceptors (Lipinski definition) is 8. The van der Waals surface area contributed by atoms with E-state index in [1.165, 1.54) is 28.0 Å². The van der Waals surface area contributed by atoms with Gasteiger partial charge in [0.15, 0.2) is 5.16 Å². The van der Waals surface area contributed by atoms with Crippen LogP contribution >= 0.6 is 23.1 Å². The zero-order valence-corrected chi connectivity index (χ0v) is 20.5. The molecule has 0 saturated heterocycles. The Hall–Kier alpha value is -3.36. The minimum Gasteiger partial charge on any atom is -0.497 e. The third-order valence-corrected chi connectivity index (χ3v) is 7.71. The van der Waals surface area contributed by atoms with Crippen molar-refractivity contribution < 1.29 is 14.3 Å². The summed E-state index contributed by atoms with van der Waals surface area (Å²) in [7, 11) is 3.34. The van der Waals surface area contributed by atoms with Gasteiger partial charge < -0.3 is 19.9 Å². The van der Waals surface area contributed by atoms with Crippen LogP contribution in [0.2, 0.25) is 0 Å². The van der Waals surface area contributed by atoms with Crippen LogP contribution in [-0.4, -0.2) is 39.4 Å². The van der Waals surface area contributed by atoms with E-state index in [0.29, 0.717) is 33.0 Å². The highest BCUT2D eigenvalue weighted by Gasteiger charge is 2.22. The Morgan fingerprint density at radius 2 is 1.94 bits per heavy atom. The van der Waals surface area contributed by atoms with Gasteiger partial charge >= 0.3 is 0 Å². The number of nitrogens with zero attached hydrogens (tertiary/aromatic N) is 4. The van der Waals surface area contributed by atoms with E-state index in [-0.39, 0.29) is 24.0 Å². The van der Waals surface area contributed by atoms with Crippen LogP contribution < -0.4 is 15.4 Å². The van der Waals surface area contributed by atoms with Gasteiger partial charge in [-0.25, -0.2) is 0 Å². The maximum Gasteiger partial charge on any atom is 0.235 e. The summed E-state index contributed by atoms with van der Waals surface area (Å²) in [4.78, 5) is 26.1. The maximum absolute atomic E-state index is 12.5. The monoisotopic (exact) mass is 496 g/mol. The Morgan fingerprint density at radius 1 is 1.18 bits per heavy atom. The van der Waals surface area contributed by atoms with Gasteiger partial charge in [0.25, 0.3) is 0 Å². The number of amides is 2. The number of ether oxygens (including phenoxy) is 1. The fraction of sp³-hybridized carbons (Fsp3) is 0.348. The number of carbonyl (C=O) groups excluding carboxylic acids is 2. The quantitative estimate of drug-likeness (QED) is 0.457. The topological polar surface area (TPSA) is 122 Å². The van der Waals surface area contributed by atoms with E-state index in [9.17, 15) is 14.9 Å². The van der Waals surface area contributed by atoms with Crippen LogP contribution in [-0.2, 0) is 35.9 Å². The summed E-state index contributed by atoms with van der Waals surface area (Å²) < 4.78 is 6.82. The minimum absolute atomic E-state index is 0.0502. The molecule has 176 valence electrons. The Bertz CT molecular complexity index is 1240. The predicted molar refractivity (Wildman–Crippen MR) is 131 cm³/mol. The van der Waals surface area contributed by atoms with Crippen molar-refractivity contribution in [1.82, 2.24) is 14.8 Å². The SMILES string of the molecule is COc1ccc(NC(=O)Cc2nnc(SCC(=O)Nc3sc4c(c3C#N)CCCC4)n2C)cc1. The average molecular weight is 497 g/mol. The molecule has 1 aliphatic rings. The van der Waals surface area contributed by atoms with E-state index >= 15 is 0 Å². The van der Waals surface area contributed by atoms with E-state index in [1.54, 1.807) is 43.0 Å². The number of aromatic nitrogens is 3. The van der Waals surface area contributed by atoms with E-state index in [1.807, 2.05) is 0 Å².